The summed E-state index contributed by atoms with van der Waals surface area (Å²) in [5, 5.41) is 0. The fourth-order valence-electron chi connectivity index (χ4n) is 0.312. The quantitative estimate of drug-likeness (QED) is 0.451. The van der Waals surface area contributed by atoms with Crippen LogP contribution < -0.4 is 0 Å². The highest BCUT2D eigenvalue weighted by molar-refractivity contribution is 7.76. The third kappa shape index (κ3) is 0.873. The van der Waals surface area contributed by atoms with Crippen LogP contribution >= 0.6 is 0 Å². The van der Waals surface area contributed by atoms with Crippen LogP contribution in [0.2, 0.25) is 0 Å². The molecule has 8 heavy (non-hydrogen) atoms. The summed E-state index contributed by atoms with van der Waals surface area (Å²) in [4.78, 5) is 10.2. The lowest BCUT2D eigenvalue weighted by Gasteiger charge is -1.84. The minimum Gasteiger partial charge on any atom is -0.341 e. The van der Waals surface area contributed by atoms with Crippen molar-refractivity contribution in [2.24, 2.45) is 0 Å². The van der Waals surface area contributed by atoms with Crippen molar-refractivity contribution in [1.82, 2.24) is 0 Å². The molecule has 0 aliphatic carbocycles. The van der Waals surface area contributed by atoms with Crippen LogP contribution in [0.3, 0.4) is 0 Å². The van der Waals surface area contributed by atoms with Gasteiger partial charge >= 0.3 is 17.3 Å². The molecule has 0 saturated carbocycles. The Bertz CT molecular complexity index is 142. The molecule has 1 saturated heterocycles. The van der Waals surface area contributed by atoms with Crippen LogP contribution in [0.1, 0.15) is 6.92 Å². The Morgan fingerprint density at radius 1 is 1.75 bits per heavy atom. The molecule has 1 unspecified atom stereocenters. The lowest BCUT2D eigenvalue weighted by molar-refractivity contribution is -0.135. The van der Waals surface area contributed by atoms with Crippen molar-refractivity contribution in [2.75, 3.05) is 0 Å². The number of hydrogen-bond donors (Lipinski definition) is 0. The molecule has 1 rings (SSSR count). The van der Waals surface area contributed by atoms with Crippen LogP contribution in [0.25, 0.3) is 0 Å². The van der Waals surface area contributed by atoms with Gasteiger partial charge in [-0.3, -0.25) is 0 Å². The van der Waals surface area contributed by atoms with Gasteiger partial charge in [0.25, 0.3) is 0 Å². The van der Waals surface area contributed by atoms with Crippen molar-refractivity contribution in [3.05, 3.63) is 0 Å². The number of hydrogen-bond acceptors (Lipinski definition) is 4. The zero-order valence-corrected chi connectivity index (χ0v) is 4.94. The van der Waals surface area contributed by atoms with E-state index in [0.717, 1.165) is 0 Å². The van der Waals surface area contributed by atoms with E-state index in [1.54, 1.807) is 0 Å². The van der Waals surface area contributed by atoms with E-state index < -0.39 is 23.4 Å². The van der Waals surface area contributed by atoms with Crippen molar-refractivity contribution >= 4 is 17.3 Å². The highest BCUT2D eigenvalue weighted by Gasteiger charge is 2.29. The van der Waals surface area contributed by atoms with Gasteiger partial charge in [-0.25, -0.2) is 8.98 Å². The van der Waals surface area contributed by atoms with E-state index in [1.807, 2.05) is 0 Å². The molecule has 0 amide bonds. The summed E-state index contributed by atoms with van der Waals surface area (Å²) < 4.78 is 18.6. The van der Waals surface area contributed by atoms with Gasteiger partial charge in [0.15, 0.2) is 6.10 Å². The number of rotatable bonds is 0. The predicted octanol–water partition coefficient (Wildman–Crippen LogP) is -0.473. The second-order valence-corrected chi connectivity index (χ2v) is 2.11. The Labute approximate surface area is 48.6 Å². The molecule has 0 spiro atoms. The molecule has 1 aliphatic rings. The fraction of sp³-hybridized carbons (Fsp3) is 0.667. The Balaban J connectivity index is 2.64. The van der Waals surface area contributed by atoms with Crippen LogP contribution in [0, 0.1) is 0 Å². The van der Waals surface area contributed by atoms with E-state index in [1.165, 1.54) is 6.92 Å². The fourth-order valence-corrected chi connectivity index (χ4v) is 0.935. The van der Waals surface area contributed by atoms with Gasteiger partial charge in [0, 0.05) is 0 Å². The summed E-state index contributed by atoms with van der Waals surface area (Å²) in [7, 11) is 0. The predicted molar refractivity (Wildman–Crippen MR) is 24.8 cm³/mol. The first-order valence-electron chi connectivity index (χ1n) is 2.01. The molecule has 1 aliphatic heterocycles. The Morgan fingerprint density at radius 3 is 2.50 bits per heavy atom. The lowest BCUT2D eigenvalue weighted by atomic mass is 10.4. The zero-order valence-electron chi connectivity index (χ0n) is 4.12. The molecule has 0 aromatic carbocycles. The minimum absolute atomic E-state index is 0.566. The van der Waals surface area contributed by atoms with Gasteiger partial charge in [0.05, 0.1) is 0 Å². The minimum atomic E-state index is -1.83. The summed E-state index contributed by atoms with van der Waals surface area (Å²) in [6.45, 7) is 1.48. The van der Waals surface area contributed by atoms with E-state index in [0.29, 0.717) is 0 Å². The van der Waals surface area contributed by atoms with Crippen LogP contribution in [-0.4, -0.2) is 16.3 Å². The highest BCUT2D eigenvalue weighted by Crippen LogP contribution is 2.08. The van der Waals surface area contributed by atoms with E-state index in [9.17, 15) is 9.00 Å². The molecule has 0 bridgehead atoms. The highest BCUT2D eigenvalue weighted by atomic mass is 32.2. The first-order chi connectivity index (χ1) is 3.70. The first kappa shape index (κ1) is 5.71. The maximum absolute atomic E-state index is 10.2. The topological polar surface area (TPSA) is 52.6 Å². The average Bonchev–Trinajstić information content (AvgIpc) is 1.85. The zero-order chi connectivity index (χ0) is 6.15. The smallest absolute Gasteiger partial charge is 0.341 e. The van der Waals surface area contributed by atoms with E-state index in [4.69, 9.17) is 0 Å². The molecular weight excluding hydrogens is 132 g/mol. The van der Waals surface area contributed by atoms with E-state index in [-0.39, 0.29) is 0 Å². The van der Waals surface area contributed by atoms with E-state index >= 15 is 0 Å². The first-order valence-corrected chi connectivity index (χ1v) is 3.01. The molecule has 0 aromatic rings. The third-order valence-corrected chi connectivity index (χ3v) is 1.45. The lowest BCUT2D eigenvalue weighted by Crippen LogP contribution is -2.09. The molecule has 0 radical (unpaired) electrons. The SMILES string of the molecule is C[C@H]1OS(=O)OC1=O. The normalized spacial score (nSPS) is 37.4. The van der Waals surface area contributed by atoms with Crippen molar-refractivity contribution < 1.29 is 17.4 Å². The Hall–Kier alpha value is -0.420. The Kier molecular flexibility index (Phi) is 1.31. The summed E-state index contributed by atoms with van der Waals surface area (Å²) in [5.74, 6) is -0.566. The van der Waals surface area contributed by atoms with E-state index in [2.05, 4.69) is 8.37 Å². The van der Waals surface area contributed by atoms with Gasteiger partial charge in [-0.05, 0) is 6.92 Å². The van der Waals surface area contributed by atoms with Crippen LogP contribution in [-0.2, 0) is 24.5 Å². The summed E-state index contributed by atoms with van der Waals surface area (Å²) in [5.41, 5.74) is 0. The second-order valence-electron chi connectivity index (χ2n) is 1.34. The maximum Gasteiger partial charge on any atom is 0.363 e. The van der Waals surface area contributed by atoms with Gasteiger partial charge in [-0.2, -0.15) is 4.21 Å². The van der Waals surface area contributed by atoms with Crippen molar-refractivity contribution in [2.45, 2.75) is 13.0 Å². The van der Waals surface area contributed by atoms with Crippen molar-refractivity contribution in [3.8, 4) is 0 Å². The molecule has 4 nitrogen and oxygen atoms in total. The number of carbonyl (C=O) groups is 1. The van der Waals surface area contributed by atoms with Gasteiger partial charge in [0.1, 0.15) is 0 Å². The monoisotopic (exact) mass is 136 g/mol. The molecule has 0 N–H and O–H groups in total. The van der Waals surface area contributed by atoms with Crippen LogP contribution in [0.5, 0.6) is 0 Å². The van der Waals surface area contributed by atoms with Gasteiger partial charge in [0.2, 0.25) is 0 Å². The largest absolute Gasteiger partial charge is 0.363 e. The molecule has 2 atom stereocenters. The second kappa shape index (κ2) is 1.83. The van der Waals surface area contributed by atoms with Gasteiger partial charge in [-0.1, -0.05) is 0 Å². The molecule has 0 aromatic heterocycles. The van der Waals surface area contributed by atoms with Crippen LogP contribution in [0.15, 0.2) is 0 Å². The molecule has 1 heterocycles. The molecule has 1 fully saturated rings. The number of carbonyl (C=O) groups excluding carboxylic acids is 1. The summed E-state index contributed by atoms with van der Waals surface area (Å²) in [6, 6.07) is 0. The molecular formula is C3H4O4S. The summed E-state index contributed by atoms with van der Waals surface area (Å²) >= 11 is -1.83. The van der Waals surface area contributed by atoms with Crippen molar-refractivity contribution in [1.29, 1.82) is 0 Å². The standard InChI is InChI=1S/C3H4O4S/c1-2-3(4)7-8(5)6-2/h2H,1H3/t2-,8?/m1/s1. The van der Waals surface area contributed by atoms with Gasteiger partial charge < -0.3 is 4.18 Å². The third-order valence-electron chi connectivity index (χ3n) is 0.705. The van der Waals surface area contributed by atoms with Crippen molar-refractivity contribution in [3.63, 3.8) is 0 Å². The van der Waals surface area contributed by atoms with Gasteiger partial charge in [-0.15, -0.1) is 0 Å². The molecule has 5 heteroatoms. The summed E-state index contributed by atoms with van der Waals surface area (Å²) in [6.07, 6.45) is -0.671. The Morgan fingerprint density at radius 2 is 2.38 bits per heavy atom. The molecule has 46 valence electrons. The maximum atomic E-state index is 10.2. The average molecular weight is 136 g/mol. The van der Waals surface area contributed by atoms with Crippen LogP contribution in [0.4, 0.5) is 0 Å².